The standard InChI is InChI=1S/C13H16N6S/c1-2-11(15-14-5-1)12-16-17-13(20-12)19-9-8-18-6-3-10(19)4-7-18/h1-2,5,10H,3-4,6-9H2. The molecule has 3 saturated heterocycles. The lowest BCUT2D eigenvalue weighted by Crippen LogP contribution is -2.37. The molecule has 0 unspecified atom stereocenters. The number of aromatic nitrogens is 4. The molecule has 5 heterocycles. The van der Waals surface area contributed by atoms with Gasteiger partial charge in [0.25, 0.3) is 0 Å². The largest absolute Gasteiger partial charge is 0.342 e. The lowest BCUT2D eigenvalue weighted by molar-refractivity contribution is 0.250. The first-order valence-electron chi connectivity index (χ1n) is 7.01. The molecule has 0 N–H and O–H groups in total. The maximum Gasteiger partial charge on any atom is 0.208 e. The predicted octanol–water partition coefficient (Wildman–Crippen LogP) is 1.28. The van der Waals surface area contributed by atoms with Crippen molar-refractivity contribution in [3.8, 4) is 10.7 Å². The van der Waals surface area contributed by atoms with Crippen LogP contribution in [0, 0.1) is 0 Å². The molecule has 3 aliphatic rings. The van der Waals surface area contributed by atoms with Crippen molar-refractivity contribution in [2.45, 2.75) is 18.9 Å². The summed E-state index contributed by atoms with van der Waals surface area (Å²) < 4.78 is 0. The van der Waals surface area contributed by atoms with Crippen LogP contribution in [-0.2, 0) is 0 Å². The number of hydrogen-bond acceptors (Lipinski definition) is 7. The highest BCUT2D eigenvalue weighted by atomic mass is 32.1. The monoisotopic (exact) mass is 288 g/mol. The molecule has 2 aromatic rings. The van der Waals surface area contributed by atoms with Crippen molar-refractivity contribution in [2.24, 2.45) is 0 Å². The molecular formula is C13H16N6S. The van der Waals surface area contributed by atoms with E-state index in [1.165, 1.54) is 25.9 Å². The lowest BCUT2D eigenvalue weighted by Gasteiger charge is -2.30. The second kappa shape index (κ2) is 5.06. The van der Waals surface area contributed by atoms with Crippen LogP contribution in [-0.4, -0.2) is 57.5 Å². The number of piperidine rings is 1. The van der Waals surface area contributed by atoms with Gasteiger partial charge in [-0.1, -0.05) is 11.3 Å². The Labute approximate surface area is 121 Å². The number of anilines is 1. The molecule has 0 atom stereocenters. The third kappa shape index (κ3) is 2.16. The topological polar surface area (TPSA) is 58.0 Å². The minimum absolute atomic E-state index is 0.622. The molecule has 3 fully saturated rings. The van der Waals surface area contributed by atoms with Crippen LogP contribution in [0.3, 0.4) is 0 Å². The van der Waals surface area contributed by atoms with E-state index in [4.69, 9.17) is 0 Å². The van der Waals surface area contributed by atoms with E-state index in [9.17, 15) is 0 Å². The van der Waals surface area contributed by atoms with Gasteiger partial charge in [0.2, 0.25) is 5.13 Å². The fraction of sp³-hybridized carbons (Fsp3) is 0.538. The molecule has 5 rings (SSSR count). The Morgan fingerprint density at radius 1 is 1.05 bits per heavy atom. The summed E-state index contributed by atoms with van der Waals surface area (Å²) in [6.45, 7) is 4.63. The van der Waals surface area contributed by atoms with Crippen LogP contribution in [0.2, 0.25) is 0 Å². The summed E-state index contributed by atoms with van der Waals surface area (Å²) >= 11 is 1.62. The van der Waals surface area contributed by atoms with Crippen molar-refractivity contribution in [2.75, 3.05) is 31.1 Å². The summed E-state index contributed by atoms with van der Waals surface area (Å²) in [4.78, 5) is 4.98. The van der Waals surface area contributed by atoms with Gasteiger partial charge in [0.15, 0.2) is 5.01 Å². The van der Waals surface area contributed by atoms with Gasteiger partial charge in [-0.2, -0.15) is 5.10 Å². The zero-order valence-corrected chi connectivity index (χ0v) is 12.0. The third-order valence-electron chi connectivity index (χ3n) is 4.11. The maximum absolute atomic E-state index is 4.38. The van der Waals surface area contributed by atoms with Gasteiger partial charge in [-0.3, -0.25) is 0 Å². The minimum atomic E-state index is 0.622. The van der Waals surface area contributed by atoms with E-state index in [0.717, 1.165) is 28.9 Å². The molecular weight excluding hydrogens is 272 g/mol. The molecule has 0 aromatic carbocycles. The Balaban J connectivity index is 1.61. The van der Waals surface area contributed by atoms with Crippen LogP contribution < -0.4 is 4.90 Å². The van der Waals surface area contributed by atoms with E-state index in [1.54, 1.807) is 17.5 Å². The zero-order chi connectivity index (χ0) is 13.4. The summed E-state index contributed by atoms with van der Waals surface area (Å²) in [5.74, 6) is 0. The first-order chi connectivity index (χ1) is 9.90. The maximum atomic E-state index is 4.38. The summed E-state index contributed by atoms with van der Waals surface area (Å²) in [6, 6.07) is 4.43. The van der Waals surface area contributed by atoms with Crippen molar-refractivity contribution < 1.29 is 0 Å². The zero-order valence-electron chi connectivity index (χ0n) is 11.1. The van der Waals surface area contributed by atoms with Crippen molar-refractivity contribution in [3.63, 3.8) is 0 Å². The van der Waals surface area contributed by atoms with Gasteiger partial charge >= 0.3 is 0 Å². The van der Waals surface area contributed by atoms with Crippen molar-refractivity contribution in [3.05, 3.63) is 18.3 Å². The lowest BCUT2D eigenvalue weighted by atomic mass is 10.1. The summed E-state index contributed by atoms with van der Waals surface area (Å²) in [6.07, 6.45) is 4.15. The molecule has 0 aliphatic carbocycles. The first kappa shape index (κ1) is 12.2. The Hall–Kier alpha value is -1.60. The highest BCUT2D eigenvalue weighted by Crippen LogP contribution is 2.32. The van der Waals surface area contributed by atoms with Crippen LogP contribution in [0.15, 0.2) is 18.3 Å². The molecule has 2 bridgehead atoms. The molecule has 0 radical (unpaired) electrons. The number of nitrogens with zero attached hydrogens (tertiary/aromatic N) is 6. The van der Waals surface area contributed by atoms with Crippen molar-refractivity contribution >= 4 is 16.5 Å². The summed E-state index contributed by atoms with van der Waals surface area (Å²) in [5, 5.41) is 18.6. The second-order valence-corrected chi connectivity index (χ2v) is 6.22. The van der Waals surface area contributed by atoms with Crippen LogP contribution >= 0.6 is 11.3 Å². The fourth-order valence-corrected chi connectivity index (χ4v) is 3.90. The molecule has 104 valence electrons. The molecule has 0 spiro atoms. The molecule has 6 nitrogen and oxygen atoms in total. The average molecular weight is 288 g/mol. The number of hydrogen-bond donors (Lipinski definition) is 0. The molecule has 7 heteroatoms. The average Bonchev–Trinajstić information content (AvgIpc) is 2.81. The van der Waals surface area contributed by atoms with E-state index < -0.39 is 0 Å². The van der Waals surface area contributed by atoms with Crippen LogP contribution in [0.5, 0.6) is 0 Å². The van der Waals surface area contributed by atoms with E-state index >= 15 is 0 Å². The second-order valence-electron chi connectivity index (χ2n) is 5.26. The van der Waals surface area contributed by atoms with Crippen molar-refractivity contribution in [1.82, 2.24) is 25.3 Å². The van der Waals surface area contributed by atoms with Crippen LogP contribution in [0.25, 0.3) is 10.7 Å². The van der Waals surface area contributed by atoms with Gasteiger partial charge in [0, 0.05) is 38.4 Å². The Morgan fingerprint density at radius 3 is 2.75 bits per heavy atom. The van der Waals surface area contributed by atoms with E-state index in [2.05, 4.69) is 30.2 Å². The molecule has 0 saturated carbocycles. The normalized spacial score (nSPS) is 25.7. The Morgan fingerprint density at radius 2 is 1.95 bits per heavy atom. The Bertz CT molecular complexity index is 578. The highest BCUT2D eigenvalue weighted by Gasteiger charge is 2.30. The molecule has 0 amide bonds. The van der Waals surface area contributed by atoms with E-state index in [-0.39, 0.29) is 0 Å². The van der Waals surface area contributed by atoms with Crippen LogP contribution in [0.4, 0.5) is 5.13 Å². The van der Waals surface area contributed by atoms with E-state index in [0.29, 0.717) is 6.04 Å². The predicted molar refractivity (Wildman–Crippen MR) is 77.7 cm³/mol. The van der Waals surface area contributed by atoms with Gasteiger partial charge in [-0.05, 0) is 25.0 Å². The molecule has 3 aliphatic heterocycles. The Kier molecular flexibility index (Phi) is 3.08. The SMILES string of the molecule is c1cnnc(-c2nnc(N3CCN4CCC3CC4)s2)c1. The molecule has 2 aromatic heterocycles. The highest BCUT2D eigenvalue weighted by molar-refractivity contribution is 7.18. The third-order valence-corrected chi connectivity index (χ3v) is 5.09. The van der Waals surface area contributed by atoms with Gasteiger partial charge in [-0.15, -0.1) is 15.3 Å². The van der Waals surface area contributed by atoms with Gasteiger partial charge in [0.05, 0.1) is 0 Å². The summed E-state index contributed by atoms with van der Waals surface area (Å²) in [5.41, 5.74) is 0.805. The number of fused-ring (bicyclic) bond motifs is 4. The van der Waals surface area contributed by atoms with Crippen LogP contribution in [0.1, 0.15) is 12.8 Å². The van der Waals surface area contributed by atoms with Gasteiger partial charge < -0.3 is 9.80 Å². The first-order valence-corrected chi connectivity index (χ1v) is 7.82. The summed E-state index contributed by atoms with van der Waals surface area (Å²) in [7, 11) is 0. The van der Waals surface area contributed by atoms with Gasteiger partial charge in [-0.25, -0.2) is 0 Å². The van der Waals surface area contributed by atoms with Crippen molar-refractivity contribution in [1.29, 1.82) is 0 Å². The fourth-order valence-electron chi connectivity index (χ4n) is 2.99. The van der Waals surface area contributed by atoms with Gasteiger partial charge in [0.1, 0.15) is 5.69 Å². The number of rotatable bonds is 2. The smallest absolute Gasteiger partial charge is 0.208 e. The minimum Gasteiger partial charge on any atom is -0.342 e. The van der Waals surface area contributed by atoms with E-state index in [1.807, 2.05) is 12.1 Å². The quantitative estimate of drug-likeness (QED) is 0.829. The molecule has 20 heavy (non-hydrogen) atoms.